The summed E-state index contributed by atoms with van der Waals surface area (Å²) in [6.07, 6.45) is 2.14. The quantitative estimate of drug-likeness (QED) is 0.122. The number of anilines is 1. The Morgan fingerprint density at radius 1 is 0.592 bits per heavy atom. The minimum absolute atomic E-state index is 0.419. The number of hydrogen-bond acceptors (Lipinski definition) is 3. The van der Waals surface area contributed by atoms with Gasteiger partial charge in [0.2, 0.25) is 0 Å². The Morgan fingerprint density at radius 2 is 1.00 bits per heavy atom. The molecule has 4 aromatic carbocycles. The van der Waals surface area contributed by atoms with E-state index in [0.29, 0.717) is 28.8 Å². The largest absolute Gasteiger partial charge is 0.340 e. The summed E-state index contributed by atoms with van der Waals surface area (Å²) in [7, 11) is 0. The van der Waals surface area contributed by atoms with E-state index in [2.05, 4.69) is 135 Å². The van der Waals surface area contributed by atoms with E-state index in [1.54, 1.807) is 0 Å². The van der Waals surface area contributed by atoms with Crippen LogP contribution in [-0.2, 0) is 0 Å². The van der Waals surface area contributed by atoms with Crippen molar-refractivity contribution in [3.63, 3.8) is 0 Å². The highest BCUT2D eigenvalue weighted by atomic mass is 35.5. The summed E-state index contributed by atoms with van der Waals surface area (Å²) in [5.41, 5.74) is 14.6. The zero-order chi connectivity index (χ0) is 36.3. The third-order valence-corrected chi connectivity index (χ3v) is 8.31. The molecule has 4 rings (SSSR count). The van der Waals surface area contributed by atoms with Crippen LogP contribution in [0.15, 0.2) is 107 Å². The first kappa shape index (κ1) is 41.4. The average Bonchev–Trinajstić information content (AvgIpc) is 3.10. The first-order valence-electron chi connectivity index (χ1n) is 18.1. The molecule has 0 saturated carbocycles. The van der Waals surface area contributed by atoms with E-state index >= 15 is 0 Å². The molecule has 49 heavy (non-hydrogen) atoms. The molecule has 0 aliphatic carbocycles. The lowest BCUT2D eigenvalue weighted by Crippen LogP contribution is -2.17. The highest BCUT2D eigenvalue weighted by Gasteiger charge is 2.16. The molecule has 0 fully saturated rings. The molecule has 0 bridgehead atoms. The highest BCUT2D eigenvalue weighted by molar-refractivity contribution is 6.69. The zero-order valence-corrected chi connectivity index (χ0v) is 32.5. The van der Waals surface area contributed by atoms with E-state index in [4.69, 9.17) is 27.3 Å². The van der Waals surface area contributed by atoms with E-state index in [0.717, 1.165) is 48.6 Å². The van der Waals surface area contributed by atoms with E-state index in [1.807, 2.05) is 36.4 Å². The molecule has 0 radical (unpaired) electrons. The van der Waals surface area contributed by atoms with Gasteiger partial charge in [0.1, 0.15) is 11.0 Å². The van der Waals surface area contributed by atoms with Gasteiger partial charge < -0.3 is 11.1 Å². The van der Waals surface area contributed by atoms with Crippen molar-refractivity contribution in [2.75, 3.05) is 18.4 Å². The number of amidine groups is 1. The minimum atomic E-state index is 0.419. The SMILES string of the molecule is CC(C)c1cccc(C(C)C)c1N=C(Cl)c1ccccc1.CCCN.CCCN=C(Nc1c(C(C)C)cccc1C(C)C)c1ccccc1. The van der Waals surface area contributed by atoms with E-state index in [-0.39, 0.29) is 0 Å². The maximum Gasteiger partial charge on any atom is 0.136 e. The minimum Gasteiger partial charge on any atom is -0.340 e. The molecule has 0 spiro atoms. The average molecular weight is 681 g/mol. The first-order valence-corrected chi connectivity index (χ1v) is 18.5. The molecule has 4 aromatic rings. The molecule has 264 valence electrons. The summed E-state index contributed by atoms with van der Waals surface area (Å²) in [5, 5.41) is 4.23. The van der Waals surface area contributed by atoms with Gasteiger partial charge in [-0.15, -0.1) is 0 Å². The fraction of sp³-hybridized carbons (Fsp3) is 0.409. The number of nitrogens with two attached hydrogens (primary N) is 1. The number of rotatable bonds is 11. The van der Waals surface area contributed by atoms with Crippen molar-refractivity contribution in [3.8, 4) is 0 Å². The van der Waals surface area contributed by atoms with Gasteiger partial charge in [0.05, 0.1) is 5.69 Å². The van der Waals surface area contributed by atoms with Crippen LogP contribution in [-0.4, -0.2) is 24.1 Å². The molecule has 0 aliphatic rings. The molecular weight excluding hydrogens is 620 g/mol. The fourth-order valence-electron chi connectivity index (χ4n) is 5.22. The molecule has 0 heterocycles. The standard InChI is InChI=1S/C22H30N2.C19H22ClN.C3H9N/c1-6-15-23-22(18-11-8-7-9-12-18)24-21-19(16(2)3)13-10-14-20(21)17(4)5;1-13(2)16-11-8-12-17(14(3)4)18(16)21-19(20)15-9-6-5-7-10-15;1-2-3-4/h7-14,16-17H,6,15H2,1-5H3,(H,23,24);5-14H,1-4H3;2-4H2,1H3. The lowest BCUT2D eigenvalue weighted by molar-refractivity contribution is 0.835. The summed E-state index contributed by atoms with van der Waals surface area (Å²) in [6, 6.07) is 33.3. The number of nitrogens with zero attached hydrogens (tertiary/aromatic N) is 2. The summed E-state index contributed by atoms with van der Waals surface area (Å²) in [6.45, 7) is 23.6. The van der Waals surface area contributed by atoms with Crippen LogP contribution >= 0.6 is 11.6 Å². The third kappa shape index (κ3) is 13.2. The van der Waals surface area contributed by atoms with Crippen LogP contribution in [0.4, 0.5) is 11.4 Å². The normalized spacial score (nSPS) is 11.8. The lowest BCUT2D eigenvalue weighted by Gasteiger charge is -2.22. The summed E-state index contributed by atoms with van der Waals surface area (Å²) >= 11 is 6.44. The van der Waals surface area contributed by atoms with Gasteiger partial charge in [-0.3, -0.25) is 4.99 Å². The molecule has 4 nitrogen and oxygen atoms in total. The maximum atomic E-state index is 6.44. The third-order valence-electron chi connectivity index (χ3n) is 8.01. The van der Waals surface area contributed by atoms with Gasteiger partial charge in [-0.1, -0.05) is 178 Å². The number of hydrogen-bond donors (Lipinski definition) is 2. The molecule has 0 aliphatic heterocycles. The molecule has 0 saturated heterocycles. The van der Waals surface area contributed by atoms with E-state index < -0.39 is 0 Å². The summed E-state index contributed by atoms with van der Waals surface area (Å²) in [4.78, 5) is 9.57. The molecule has 0 unspecified atom stereocenters. The lowest BCUT2D eigenvalue weighted by atomic mass is 9.92. The Labute approximate surface area is 303 Å². The zero-order valence-electron chi connectivity index (χ0n) is 31.7. The number of para-hydroxylation sites is 2. The summed E-state index contributed by atoms with van der Waals surface area (Å²) in [5.74, 6) is 2.74. The van der Waals surface area contributed by atoms with Crippen molar-refractivity contribution >= 4 is 34.0 Å². The Kier molecular flexibility index (Phi) is 18.7. The van der Waals surface area contributed by atoms with Crippen molar-refractivity contribution in [1.29, 1.82) is 0 Å². The molecular formula is C44H61ClN4. The molecule has 3 N–H and O–H groups in total. The predicted molar refractivity (Wildman–Crippen MR) is 219 cm³/mol. The van der Waals surface area contributed by atoms with Crippen molar-refractivity contribution < 1.29 is 0 Å². The second kappa shape index (κ2) is 22.1. The van der Waals surface area contributed by atoms with Crippen molar-refractivity contribution in [2.45, 2.75) is 106 Å². The van der Waals surface area contributed by atoms with Crippen LogP contribution in [0.1, 0.15) is 139 Å². The van der Waals surface area contributed by atoms with Crippen molar-refractivity contribution in [3.05, 3.63) is 130 Å². The van der Waals surface area contributed by atoms with E-state index in [9.17, 15) is 0 Å². The predicted octanol–water partition coefficient (Wildman–Crippen LogP) is 12.8. The van der Waals surface area contributed by atoms with Gasteiger partial charge in [-0.05, 0) is 65.3 Å². The topological polar surface area (TPSA) is 62.8 Å². The second-order valence-corrected chi connectivity index (χ2v) is 13.9. The van der Waals surface area contributed by atoms with Gasteiger partial charge in [0.15, 0.2) is 0 Å². The molecule has 0 amide bonds. The van der Waals surface area contributed by atoms with Crippen molar-refractivity contribution in [2.24, 2.45) is 15.7 Å². The smallest absolute Gasteiger partial charge is 0.136 e. The monoisotopic (exact) mass is 680 g/mol. The second-order valence-electron chi connectivity index (χ2n) is 13.5. The van der Waals surface area contributed by atoms with Gasteiger partial charge in [-0.25, -0.2) is 4.99 Å². The van der Waals surface area contributed by atoms with Gasteiger partial charge in [0, 0.05) is 23.4 Å². The molecule has 0 atom stereocenters. The van der Waals surface area contributed by atoms with Crippen LogP contribution in [0.3, 0.4) is 0 Å². The first-order chi connectivity index (χ1) is 23.5. The molecule has 5 heteroatoms. The number of aliphatic imine (C=N–C) groups is 2. The van der Waals surface area contributed by atoms with Crippen LogP contribution in [0.2, 0.25) is 0 Å². The maximum absolute atomic E-state index is 6.44. The Balaban J connectivity index is 0.000000309. The van der Waals surface area contributed by atoms with Crippen molar-refractivity contribution in [1.82, 2.24) is 0 Å². The number of halogens is 1. The number of benzene rings is 4. The Hall–Kier alpha value is -3.73. The Morgan fingerprint density at radius 3 is 1.39 bits per heavy atom. The van der Waals surface area contributed by atoms with Crippen LogP contribution in [0.5, 0.6) is 0 Å². The van der Waals surface area contributed by atoms with Gasteiger partial charge in [-0.2, -0.15) is 0 Å². The Bertz CT molecular complexity index is 1520. The van der Waals surface area contributed by atoms with Gasteiger partial charge >= 0.3 is 0 Å². The van der Waals surface area contributed by atoms with Crippen LogP contribution in [0, 0.1) is 0 Å². The van der Waals surface area contributed by atoms with Crippen LogP contribution < -0.4 is 11.1 Å². The van der Waals surface area contributed by atoms with E-state index in [1.165, 1.54) is 27.9 Å². The van der Waals surface area contributed by atoms with Crippen LogP contribution in [0.25, 0.3) is 0 Å². The number of nitrogens with one attached hydrogen (secondary N) is 1. The van der Waals surface area contributed by atoms with Gasteiger partial charge in [0.25, 0.3) is 0 Å². The highest BCUT2D eigenvalue weighted by Crippen LogP contribution is 2.36. The summed E-state index contributed by atoms with van der Waals surface area (Å²) < 4.78 is 0. The fourth-order valence-corrected chi connectivity index (χ4v) is 5.43. The molecule has 0 aromatic heterocycles.